The highest BCUT2D eigenvalue weighted by Crippen LogP contribution is 2.24. The van der Waals surface area contributed by atoms with Crippen LogP contribution in [0.1, 0.15) is 31.7 Å². The minimum absolute atomic E-state index is 0.101. The van der Waals surface area contributed by atoms with Crippen molar-refractivity contribution in [1.29, 1.82) is 0 Å². The number of piperidine rings is 1. The Bertz CT molecular complexity index is 449. The number of nitrogens with one attached hydrogen (secondary N) is 2. The van der Waals surface area contributed by atoms with E-state index in [-0.39, 0.29) is 11.7 Å². The van der Waals surface area contributed by atoms with E-state index in [1.54, 1.807) is 19.1 Å². The second-order valence-corrected chi connectivity index (χ2v) is 5.77. The third-order valence-corrected chi connectivity index (χ3v) is 4.13. The van der Waals surface area contributed by atoms with E-state index in [0.717, 1.165) is 18.7 Å². The van der Waals surface area contributed by atoms with Crippen LogP contribution in [0, 0.1) is 24.6 Å². The number of amides is 1. The molecule has 0 aliphatic carbocycles. The molecule has 110 valence electrons. The highest BCUT2D eigenvalue weighted by Gasteiger charge is 2.22. The summed E-state index contributed by atoms with van der Waals surface area (Å²) in [5.74, 6) is 0.382. The highest BCUT2D eigenvalue weighted by atomic mass is 19.1. The molecule has 2 N–H and O–H groups in total. The minimum Gasteiger partial charge on any atom is -0.323 e. The third-order valence-electron chi connectivity index (χ3n) is 4.13. The van der Waals surface area contributed by atoms with Crippen LogP contribution in [0.4, 0.5) is 10.1 Å². The van der Waals surface area contributed by atoms with Crippen LogP contribution in [0.2, 0.25) is 0 Å². The third kappa shape index (κ3) is 3.79. The zero-order valence-electron chi connectivity index (χ0n) is 12.2. The van der Waals surface area contributed by atoms with Gasteiger partial charge in [-0.1, -0.05) is 19.1 Å². The monoisotopic (exact) mass is 278 g/mol. The lowest BCUT2D eigenvalue weighted by Gasteiger charge is -2.28. The Hall–Kier alpha value is -1.42. The van der Waals surface area contributed by atoms with Crippen molar-refractivity contribution < 1.29 is 9.18 Å². The van der Waals surface area contributed by atoms with Gasteiger partial charge >= 0.3 is 0 Å². The molecule has 0 bridgehead atoms. The summed E-state index contributed by atoms with van der Waals surface area (Å²) in [4.78, 5) is 12.1. The van der Waals surface area contributed by atoms with Crippen molar-refractivity contribution >= 4 is 11.6 Å². The number of rotatable bonds is 4. The van der Waals surface area contributed by atoms with Crippen molar-refractivity contribution in [3.63, 3.8) is 0 Å². The SMILES string of the molecule is Cc1cccc(F)c1NC(=O)CC(C)C1CCCNC1. The molecule has 4 heteroatoms. The molecule has 1 aliphatic heterocycles. The molecule has 20 heavy (non-hydrogen) atoms. The van der Waals surface area contributed by atoms with Crippen LogP contribution in [0.25, 0.3) is 0 Å². The van der Waals surface area contributed by atoms with Crippen molar-refractivity contribution in [2.24, 2.45) is 11.8 Å². The summed E-state index contributed by atoms with van der Waals surface area (Å²) in [5, 5.41) is 6.08. The van der Waals surface area contributed by atoms with Crippen LogP contribution in [-0.4, -0.2) is 19.0 Å². The maximum Gasteiger partial charge on any atom is 0.224 e. The fourth-order valence-corrected chi connectivity index (χ4v) is 2.80. The van der Waals surface area contributed by atoms with Gasteiger partial charge in [-0.3, -0.25) is 4.79 Å². The fraction of sp³-hybridized carbons (Fsp3) is 0.562. The Morgan fingerprint density at radius 3 is 3.00 bits per heavy atom. The number of aryl methyl sites for hydroxylation is 1. The number of anilines is 1. The van der Waals surface area contributed by atoms with E-state index in [1.807, 2.05) is 0 Å². The van der Waals surface area contributed by atoms with Gasteiger partial charge in [-0.2, -0.15) is 0 Å². The van der Waals surface area contributed by atoms with Crippen LogP contribution in [0.15, 0.2) is 18.2 Å². The van der Waals surface area contributed by atoms with Crippen LogP contribution in [-0.2, 0) is 4.79 Å². The molecule has 0 saturated carbocycles. The largest absolute Gasteiger partial charge is 0.323 e. The molecule has 0 aromatic heterocycles. The minimum atomic E-state index is -0.370. The lowest BCUT2D eigenvalue weighted by Crippen LogP contribution is -2.34. The summed E-state index contributed by atoms with van der Waals surface area (Å²) < 4.78 is 13.7. The van der Waals surface area contributed by atoms with Crippen LogP contribution < -0.4 is 10.6 Å². The van der Waals surface area contributed by atoms with E-state index in [4.69, 9.17) is 0 Å². The average molecular weight is 278 g/mol. The van der Waals surface area contributed by atoms with Crippen molar-refractivity contribution in [2.45, 2.75) is 33.1 Å². The zero-order chi connectivity index (χ0) is 14.5. The number of carbonyl (C=O) groups excluding carboxylic acids is 1. The summed E-state index contributed by atoms with van der Waals surface area (Å²) in [7, 11) is 0. The Morgan fingerprint density at radius 2 is 2.35 bits per heavy atom. The van der Waals surface area contributed by atoms with Gasteiger partial charge in [-0.15, -0.1) is 0 Å². The van der Waals surface area contributed by atoms with Gasteiger partial charge in [0.05, 0.1) is 5.69 Å². The lowest BCUT2D eigenvalue weighted by atomic mass is 9.85. The quantitative estimate of drug-likeness (QED) is 0.888. The van der Waals surface area contributed by atoms with Crippen LogP contribution in [0.3, 0.4) is 0 Å². The van der Waals surface area contributed by atoms with E-state index < -0.39 is 0 Å². The van der Waals surface area contributed by atoms with Crippen molar-refractivity contribution in [2.75, 3.05) is 18.4 Å². The number of benzene rings is 1. The van der Waals surface area contributed by atoms with Gasteiger partial charge in [0.2, 0.25) is 5.91 Å². The Kier molecular flexibility index (Phi) is 5.12. The summed E-state index contributed by atoms with van der Waals surface area (Å²) >= 11 is 0. The van der Waals surface area contributed by atoms with E-state index in [2.05, 4.69) is 17.6 Å². The molecule has 0 spiro atoms. The lowest BCUT2D eigenvalue weighted by molar-refractivity contribution is -0.117. The predicted molar refractivity (Wildman–Crippen MR) is 79.1 cm³/mol. The van der Waals surface area contributed by atoms with E-state index >= 15 is 0 Å². The molecular weight excluding hydrogens is 255 g/mol. The molecule has 2 rings (SSSR count). The van der Waals surface area contributed by atoms with Crippen LogP contribution in [0.5, 0.6) is 0 Å². The first-order valence-electron chi connectivity index (χ1n) is 7.33. The summed E-state index contributed by atoms with van der Waals surface area (Å²) in [6.45, 7) is 5.95. The summed E-state index contributed by atoms with van der Waals surface area (Å²) in [6.07, 6.45) is 2.78. The number of carbonyl (C=O) groups is 1. The van der Waals surface area contributed by atoms with E-state index in [1.165, 1.54) is 18.9 Å². The number of hydrogen-bond donors (Lipinski definition) is 2. The molecule has 1 amide bonds. The number of halogens is 1. The average Bonchev–Trinajstić information content (AvgIpc) is 2.44. The number of para-hydroxylation sites is 1. The summed E-state index contributed by atoms with van der Waals surface area (Å²) in [6, 6.07) is 4.82. The molecule has 1 aromatic carbocycles. The van der Waals surface area contributed by atoms with E-state index in [0.29, 0.717) is 23.9 Å². The van der Waals surface area contributed by atoms with Gasteiger partial charge in [-0.05, 0) is 56.3 Å². The maximum atomic E-state index is 13.7. The molecule has 1 fully saturated rings. The Labute approximate surface area is 120 Å². The van der Waals surface area contributed by atoms with Crippen LogP contribution >= 0.6 is 0 Å². The van der Waals surface area contributed by atoms with Gasteiger partial charge in [0.1, 0.15) is 5.82 Å². The van der Waals surface area contributed by atoms with Crippen molar-refractivity contribution in [3.8, 4) is 0 Å². The molecule has 1 heterocycles. The summed E-state index contributed by atoms with van der Waals surface area (Å²) in [5.41, 5.74) is 1.07. The molecule has 1 saturated heterocycles. The zero-order valence-corrected chi connectivity index (χ0v) is 12.2. The molecule has 2 unspecified atom stereocenters. The molecule has 1 aromatic rings. The first-order valence-corrected chi connectivity index (χ1v) is 7.33. The molecule has 2 atom stereocenters. The second kappa shape index (κ2) is 6.84. The first kappa shape index (κ1) is 15.0. The van der Waals surface area contributed by atoms with Crippen molar-refractivity contribution in [3.05, 3.63) is 29.6 Å². The highest BCUT2D eigenvalue weighted by molar-refractivity contribution is 5.91. The Balaban J connectivity index is 1.91. The standard InChI is InChI=1S/C16H23FN2O/c1-11-5-3-7-14(17)16(11)19-15(20)9-12(2)13-6-4-8-18-10-13/h3,5,7,12-13,18H,4,6,8-10H2,1-2H3,(H,19,20). The number of hydrogen-bond acceptors (Lipinski definition) is 2. The van der Waals surface area contributed by atoms with E-state index in [9.17, 15) is 9.18 Å². The molecule has 1 aliphatic rings. The molecule has 3 nitrogen and oxygen atoms in total. The first-order chi connectivity index (χ1) is 9.58. The van der Waals surface area contributed by atoms with Gasteiger partial charge in [-0.25, -0.2) is 4.39 Å². The van der Waals surface area contributed by atoms with Gasteiger partial charge in [0.15, 0.2) is 0 Å². The smallest absolute Gasteiger partial charge is 0.224 e. The normalized spacial score (nSPS) is 20.4. The topological polar surface area (TPSA) is 41.1 Å². The Morgan fingerprint density at radius 1 is 1.55 bits per heavy atom. The van der Waals surface area contributed by atoms with Gasteiger partial charge in [0, 0.05) is 6.42 Å². The van der Waals surface area contributed by atoms with Gasteiger partial charge < -0.3 is 10.6 Å². The predicted octanol–water partition coefficient (Wildman–Crippen LogP) is 3.10. The maximum absolute atomic E-state index is 13.7. The molecule has 0 radical (unpaired) electrons. The van der Waals surface area contributed by atoms with Gasteiger partial charge in [0.25, 0.3) is 0 Å². The molecular formula is C16H23FN2O. The van der Waals surface area contributed by atoms with Crippen molar-refractivity contribution in [1.82, 2.24) is 5.32 Å². The fourth-order valence-electron chi connectivity index (χ4n) is 2.80. The second-order valence-electron chi connectivity index (χ2n) is 5.77.